The predicted molar refractivity (Wildman–Crippen MR) is 92.5 cm³/mol. The predicted octanol–water partition coefficient (Wildman–Crippen LogP) is 1.60. The third kappa shape index (κ3) is 5.40. The fraction of sp³-hybridized carbons (Fsp3) is 0.529. The van der Waals surface area contributed by atoms with Crippen LogP contribution in [-0.4, -0.2) is 55.2 Å². The second-order valence-electron chi connectivity index (χ2n) is 6.71. The van der Waals surface area contributed by atoms with Gasteiger partial charge in [-0.05, 0) is 45.0 Å². The Morgan fingerprint density at radius 3 is 2.33 bits per heavy atom. The molecule has 1 aromatic rings. The van der Waals surface area contributed by atoms with Gasteiger partial charge >= 0.3 is 5.97 Å². The lowest BCUT2D eigenvalue weighted by molar-refractivity contribution is -0.152. The maximum absolute atomic E-state index is 13.0. The van der Waals surface area contributed by atoms with E-state index in [-0.39, 0.29) is 12.4 Å². The highest BCUT2D eigenvalue weighted by atomic mass is 19.1. The zero-order valence-electron chi connectivity index (χ0n) is 14.5. The molecule has 1 fully saturated rings. The number of carbonyl (C=O) groups is 1. The minimum atomic E-state index is -0.526. The number of halogens is 1. The van der Waals surface area contributed by atoms with Crippen LogP contribution < -0.4 is 10.6 Å². The minimum absolute atomic E-state index is 0.0821. The molecule has 2 rings (SSSR count). The lowest BCUT2D eigenvalue weighted by Gasteiger charge is -2.36. The number of rotatable bonds is 3. The monoisotopic (exact) mass is 336 g/mol. The average molecular weight is 336 g/mol. The van der Waals surface area contributed by atoms with Gasteiger partial charge in [0.2, 0.25) is 0 Å². The molecule has 1 saturated heterocycles. The van der Waals surface area contributed by atoms with E-state index in [4.69, 9.17) is 10.5 Å². The molecule has 1 aliphatic heterocycles. The normalized spacial score (nSPS) is 16.2. The van der Waals surface area contributed by atoms with E-state index >= 15 is 0 Å². The third-order valence-electron chi connectivity index (χ3n) is 3.59. The van der Waals surface area contributed by atoms with Crippen LogP contribution in [-0.2, 0) is 9.53 Å². The van der Waals surface area contributed by atoms with E-state index in [0.29, 0.717) is 19.0 Å². The number of hydrogen-bond acceptors (Lipinski definition) is 4. The van der Waals surface area contributed by atoms with E-state index in [2.05, 4.69) is 9.89 Å². The van der Waals surface area contributed by atoms with Gasteiger partial charge in [-0.2, -0.15) is 0 Å². The highest BCUT2D eigenvalue weighted by molar-refractivity contribution is 5.82. The first-order valence-electron chi connectivity index (χ1n) is 8.02. The zero-order chi connectivity index (χ0) is 17.7. The first-order valence-corrected chi connectivity index (χ1v) is 8.02. The summed E-state index contributed by atoms with van der Waals surface area (Å²) < 4.78 is 18.2. The van der Waals surface area contributed by atoms with Crippen molar-refractivity contribution >= 4 is 17.6 Å². The Balaban J connectivity index is 1.83. The van der Waals surface area contributed by atoms with Crippen molar-refractivity contribution in [3.8, 4) is 0 Å². The fourth-order valence-electron chi connectivity index (χ4n) is 2.46. The second-order valence-corrected chi connectivity index (χ2v) is 6.71. The van der Waals surface area contributed by atoms with Crippen LogP contribution in [0.3, 0.4) is 0 Å². The van der Waals surface area contributed by atoms with E-state index in [1.807, 2.05) is 25.7 Å². The number of hydrogen-bond donors (Lipinski definition) is 1. The van der Waals surface area contributed by atoms with Crippen LogP contribution in [0, 0.1) is 5.82 Å². The third-order valence-corrected chi connectivity index (χ3v) is 3.59. The molecular weight excluding hydrogens is 311 g/mol. The number of piperazine rings is 1. The number of esters is 1. The summed E-state index contributed by atoms with van der Waals surface area (Å²) >= 11 is 0. The molecule has 0 unspecified atom stereocenters. The van der Waals surface area contributed by atoms with Crippen molar-refractivity contribution in [3.63, 3.8) is 0 Å². The fourth-order valence-corrected chi connectivity index (χ4v) is 2.46. The Hall–Kier alpha value is -2.31. The van der Waals surface area contributed by atoms with Gasteiger partial charge in [-0.15, -0.1) is 0 Å². The summed E-state index contributed by atoms with van der Waals surface area (Å²) in [6.45, 7) is 8.26. The average Bonchev–Trinajstić information content (AvgIpc) is 2.52. The molecule has 1 aliphatic rings. The first kappa shape index (κ1) is 18.0. The number of benzene rings is 1. The van der Waals surface area contributed by atoms with Crippen LogP contribution in [0.2, 0.25) is 0 Å². The van der Waals surface area contributed by atoms with Crippen LogP contribution in [0.5, 0.6) is 0 Å². The van der Waals surface area contributed by atoms with E-state index in [0.717, 1.165) is 18.8 Å². The molecule has 0 atom stereocenters. The van der Waals surface area contributed by atoms with E-state index in [9.17, 15) is 9.18 Å². The number of carbonyl (C=O) groups excluding carboxylic acids is 1. The van der Waals surface area contributed by atoms with Gasteiger partial charge in [0.15, 0.2) is 5.96 Å². The molecule has 2 N–H and O–H groups in total. The van der Waals surface area contributed by atoms with Gasteiger partial charge in [-0.1, -0.05) is 0 Å². The second kappa shape index (κ2) is 7.51. The van der Waals surface area contributed by atoms with Gasteiger partial charge < -0.3 is 20.3 Å². The van der Waals surface area contributed by atoms with Gasteiger partial charge in [0, 0.05) is 31.9 Å². The molecule has 1 aromatic carbocycles. The Labute approximate surface area is 142 Å². The molecule has 0 aliphatic carbocycles. The maximum atomic E-state index is 13.0. The minimum Gasteiger partial charge on any atom is -0.459 e. The van der Waals surface area contributed by atoms with Gasteiger partial charge in [0.05, 0.1) is 0 Å². The van der Waals surface area contributed by atoms with Crippen molar-refractivity contribution in [2.45, 2.75) is 26.4 Å². The smallest absolute Gasteiger partial charge is 0.328 e. The van der Waals surface area contributed by atoms with Crippen molar-refractivity contribution in [2.75, 3.05) is 37.6 Å². The summed E-state index contributed by atoms with van der Waals surface area (Å²) in [6.07, 6.45) is 0. The maximum Gasteiger partial charge on any atom is 0.328 e. The number of ether oxygens (including phenoxy) is 1. The van der Waals surface area contributed by atoms with Gasteiger partial charge in [-0.3, -0.25) is 4.79 Å². The molecule has 0 radical (unpaired) electrons. The molecule has 0 amide bonds. The summed E-state index contributed by atoms with van der Waals surface area (Å²) in [5.74, 6) is -0.286. The summed E-state index contributed by atoms with van der Waals surface area (Å²) in [4.78, 5) is 19.9. The summed E-state index contributed by atoms with van der Waals surface area (Å²) in [5, 5.41) is 0. The molecular formula is C17H25FN4O2. The molecule has 132 valence electrons. The van der Waals surface area contributed by atoms with E-state index < -0.39 is 11.6 Å². The highest BCUT2D eigenvalue weighted by Gasteiger charge is 2.20. The van der Waals surface area contributed by atoms with Crippen molar-refractivity contribution in [3.05, 3.63) is 30.1 Å². The van der Waals surface area contributed by atoms with Crippen LogP contribution in [0.4, 0.5) is 10.1 Å². The molecule has 24 heavy (non-hydrogen) atoms. The lowest BCUT2D eigenvalue weighted by atomic mass is 10.2. The van der Waals surface area contributed by atoms with Crippen molar-refractivity contribution < 1.29 is 13.9 Å². The van der Waals surface area contributed by atoms with Crippen LogP contribution >= 0.6 is 0 Å². The standard InChI is InChI=1S/C17H25FN4O2/c1-17(2,3)24-15(23)12-20-16(19)22-10-8-21(9-11-22)14-6-4-13(18)5-7-14/h4-7H,8-12H2,1-3H3,(H2,19,20). The van der Waals surface area contributed by atoms with Crippen molar-refractivity contribution in [1.82, 2.24) is 4.90 Å². The Morgan fingerprint density at radius 1 is 1.21 bits per heavy atom. The van der Waals surface area contributed by atoms with Crippen LogP contribution in [0.25, 0.3) is 0 Å². The number of aliphatic imine (C=N–C) groups is 1. The molecule has 0 aromatic heterocycles. The first-order chi connectivity index (χ1) is 11.2. The summed E-state index contributed by atoms with van der Waals surface area (Å²) in [6, 6.07) is 6.45. The van der Waals surface area contributed by atoms with Crippen molar-refractivity contribution in [1.29, 1.82) is 0 Å². The van der Waals surface area contributed by atoms with E-state index in [1.165, 1.54) is 12.1 Å². The number of guanidine groups is 1. The Bertz CT molecular complexity index is 588. The molecule has 6 nitrogen and oxygen atoms in total. The molecule has 7 heteroatoms. The van der Waals surface area contributed by atoms with E-state index in [1.54, 1.807) is 12.1 Å². The Morgan fingerprint density at radius 2 is 1.79 bits per heavy atom. The van der Waals surface area contributed by atoms with Crippen molar-refractivity contribution in [2.24, 2.45) is 10.7 Å². The number of nitrogens with zero attached hydrogens (tertiary/aromatic N) is 3. The largest absolute Gasteiger partial charge is 0.459 e. The molecule has 0 saturated carbocycles. The summed E-state index contributed by atoms with van der Waals surface area (Å²) in [7, 11) is 0. The number of nitrogens with two attached hydrogens (primary N) is 1. The highest BCUT2D eigenvalue weighted by Crippen LogP contribution is 2.16. The molecule has 1 heterocycles. The molecule has 0 bridgehead atoms. The lowest BCUT2D eigenvalue weighted by Crippen LogP contribution is -2.51. The van der Waals surface area contributed by atoms with Gasteiger partial charge in [0.25, 0.3) is 0 Å². The number of anilines is 1. The van der Waals surface area contributed by atoms with Gasteiger partial charge in [0.1, 0.15) is 18.0 Å². The zero-order valence-corrected chi connectivity index (χ0v) is 14.5. The van der Waals surface area contributed by atoms with Crippen LogP contribution in [0.15, 0.2) is 29.3 Å². The summed E-state index contributed by atoms with van der Waals surface area (Å²) in [5.41, 5.74) is 6.43. The van der Waals surface area contributed by atoms with Crippen LogP contribution in [0.1, 0.15) is 20.8 Å². The SMILES string of the molecule is CC(C)(C)OC(=O)CN=C(N)N1CCN(c2ccc(F)cc2)CC1. The Kier molecular flexibility index (Phi) is 5.64. The molecule has 0 spiro atoms. The van der Waals surface area contributed by atoms with Gasteiger partial charge in [-0.25, -0.2) is 9.38 Å². The quantitative estimate of drug-likeness (QED) is 0.516. The topological polar surface area (TPSA) is 71.2 Å².